The molecule has 2 aliphatic rings. The predicted molar refractivity (Wildman–Crippen MR) is 71.0 cm³/mol. The van der Waals surface area contributed by atoms with E-state index >= 15 is 0 Å². The molecule has 0 aromatic rings. The highest BCUT2D eigenvalue weighted by molar-refractivity contribution is 7.91. The molecule has 2 fully saturated rings. The molecule has 104 valence electrons. The van der Waals surface area contributed by atoms with E-state index in [1.54, 1.807) is 0 Å². The fraction of sp³-hybridized carbons (Fsp3) is 0.923. The minimum Gasteiger partial charge on any atom is -0.335 e. The number of rotatable bonds is 5. The minimum atomic E-state index is -2.91. The highest BCUT2D eigenvalue weighted by Crippen LogP contribution is 2.34. The van der Waals surface area contributed by atoms with Crippen molar-refractivity contribution in [2.45, 2.75) is 58.0 Å². The van der Waals surface area contributed by atoms with Gasteiger partial charge in [0.25, 0.3) is 0 Å². The highest BCUT2D eigenvalue weighted by atomic mass is 32.2. The van der Waals surface area contributed by atoms with Crippen molar-refractivity contribution in [3.8, 4) is 0 Å². The van der Waals surface area contributed by atoms with Crippen LogP contribution in [0.4, 0.5) is 0 Å². The summed E-state index contributed by atoms with van der Waals surface area (Å²) in [5.41, 5.74) is 0. The molecule has 0 bridgehead atoms. The number of hydrogen-bond donors (Lipinski definition) is 0. The second kappa shape index (κ2) is 5.19. The van der Waals surface area contributed by atoms with Crippen LogP contribution >= 0.6 is 0 Å². The molecule has 1 saturated heterocycles. The molecule has 0 aromatic heterocycles. The van der Waals surface area contributed by atoms with Crippen LogP contribution < -0.4 is 0 Å². The highest BCUT2D eigenvalue weighted by Gasteiger charge is 2.43. The molecule has 2 rings (SSSR count). The second-order valence-corrected chi connectivity index (χ2v) is 7.78. The molecule has 1 aliphatic carbocycles. The Morgan fingerprint density at radius 1 is 1.17 bits per heavy atom. The molecule has 0 radical (unpaired) electrons. The van der Waals surface area contributed by atoms with Crippen molar-refractivity contribution >= 4 is 15.7 Å². The van der Waals surface area contributed by atoms with Crippen LogP contribution in [0.15, 0.2) is 0 Å². The van der Waals surface area contributed by atoms with Gasteiger partial charge in [0.05, 0.1) is 11.5 Å². The summed E-state index contributed by atoms with van der Waals surface area (Å²) < 4.78 is 23.2. The molecule has 4 nitrogen and oxygen atoms in total. The summed E-state index contributed by atoms with van der Waals surface area (Å²) in [4.78, 5) is 14.4. The zero-order chi connectivity index (χ0) is 13.3. The Hall–Kier alpha value is -0.580. The molecular formula is C13H23NO3S. The average Bonchev–Trinajstić information content (AvgIpc) is 3.06. The third-order valence-corrected chi connectivity index (χ3v) is 5.88. The molecule has 5 heteroatoms. The predicted octanol–water partition coefficient (Wildman–Crippen LogP) is 1.60. The van der Waals surface area contributed by atoms with Crippen molar-refractivity contribution in [2.75, 3.05) is 11.5 Å². The molecule has 0 spiro atoms. The summed E-state index contributed by atoms with van der Waals surface area (Å²) in [5, 5.41) is 0. The molecule has 1 unspecified atom stereocenters. The van der Waals surface area contributed by atoms with E-state index in [1.807, 2.05) is 18.7 Å². The molecule has 1 atom stereocenters. The van der Waals surface area contributed by atoms with Crippen molar-refractivity contribution in [2.24, 2.45) is 5.92 Å². The standard InChI is InChI=1S/C13H23NO3S/c1-3-10(4-2)13(15)14(11-5-6-11)12-7-8-18(16,17)9-12/h10-12H,3-9H2,1-2H3. The molecule has 1 heterocycles. The Balaban J connectivity index is 2.11. The molecule has 1 amide bonds. The van der Waals surface area contributed by atoms with Crippen molar-refractivity contribution in [3.05, 3.63) is 0 Å². The molecule has 0 N–H and O–H groups in total. The lowest BCUT2D eigenvalue weighted by atomic mass is 10.0. The van der Waals surface area contributed by atoms with E-state index < -0.39 is 9.84 Å². The fourth-order valence-electron chi connectivity index (χ4n) is 2.85. The van der Waals surface area contributed by atoms with Crippen LogP contribution in [-0.2, 0) is 14.6 Å². The quantitative estimate of drug-likeness (QED) is 0.764. The second-order valence-electron chi connectivity index (χ2n) is 5.55. The Morgan fingerprint density at radius 2 is 1.78 bits per heavy atom. The first kappa shape index (κ1) is 13.8. The molecule has 0 aromatic carbocycles. The maximum atomic E-state index is 12.5. The molecule has 1 aliphatic heterocycles. The molecular weight excluding hydrogens is 250 g/mol. The average molecular weight is 273 g/mol. The van der Waals surface area contributed by atoms with Crippen molar-refractivity contribution in [1.29, 1.82) is 0 Å². The van der Waals surface area contributed by atoms with E-state index in [0.717, 1.165) is 25.7 Å². The molecule has 1 saturated carbocycles. The third kappa shape index (κ3) is 2.87. The number of carbonyl (C=O) groups is 1. The largest absolute Gasteiger partial charge is 0.335 e. The van der Waals surface area contributed by atoms with Gasteiger partial charge in [-0.25, -0.2) is 8.42 Å². The van der Waals surface area contributed by atoms with Gasteiger partial charge < -0.3 is 4.90 Å². The lowest BCUT2D eigenvalue weighted by Crippen LogP contribution is -2.45. The van der Waals surface area contributed by atoms with Gasteiger partial charge in [-0.2, -0.15) is 0 Å². The topological polar surface area (TPSA) is 54.5 Å². The Kier molecular flexibility index (Phi) is 3.99. The van der Waals surface area contributed by atoms with Crippen LogP contribution in [0.25, 0.3) is 0 Å². The summed E-state index contributed by atoms with van der Waals surface area (Å²) in [6, 6.07) is 0.256. The summed E-state index contributed by atoms with van der Waals surface area (Å²) >= 11 is 0. The van der Waals surface area contributed by atoms with Gasteiger partial charge >= 0.3 is 0 Å². The number of carbonyl (C=O) groups excluding carboxylic acids is 1. The van der Waals surface area contributed by atoms with Crippen LogP contribution in [0.3, 0.4) is 0 Å². The van der Waals surface area contributed by atoms with Gasteiger partial charge in [-0.1, -0.05) is 13.8 Å². The first-order valence-electron chi connectivity index (χ1n) is 7.01. The summed E-state index contributed by atoms with van der Waals surface area (Å²) in [5.74, 6) is 0.672. The Bertz CT molecular complexity index is 410. The fourth-order valence-corrected chi connectivity index (χ4v) is 4.57. The van der Waals surface area contributed by atoms with Crippen LogP contribution in [0.1, 0.15) is 46.0 Å². The monoisotopic (exact) mass is 273 g/mol. The van der Waals surface area contributed by atoms with Gasteiger partial charge in [0.1, 0.15) is 0 Å². The van der Waals surface area contributed by atoms with Crippen LogP contribution in [-0.4, -0.2) is 42.8 Å². The zero-order valence-electron chi connectivity index (χ0n) is 11.3. The number of amides is 1. The normalized spacial score (nSPS) is 26.5. The van der Waals surface area contributed by atoms with E-state index in [1.165, 1.54) is 0 Å². The first-order chi connectivity index (χ1) is 8.48. The van der Waals surface area contributed by atoms with Gasteiger partial charge in [0.2, 0.25) is 5.91 Å². The lowest BCUT2D eigenvalue weighted by Gasteiger charge is -2.31. The van der Waals surface area contributed by atoms with Crippen molar-refractivity contribution in [3.63, 3.8) is 0 Å². The lowest BCUT2D eigenvalue weighted by molar-refractivity contribution is -0.138. The maximum Gasteiger partial charge on any atom is 0.226 e. The number of hydrogen-bond acceptors (Lipinski definition) is 3. The van der Waals surface area contributed by atoms with E-state index in [9.17, 15) is 13.2 Å². The van der Waals surface area contributed by atoms with Crippen LogP contribution in [0.5, 0.6) is 0 Å². The summed E-state index contributed by atoms with van der Waals surface area (Å²) in [6.07, 6.45) is 4.41. The van der Waals surface area contributed by atoms with E-state index in [-0.39, 0.29) is 29.4 Å². The van der Waals surface area contributed by atoms with Crippen molar-refractivity contribution in [1.82, 2.24) is 4.90 Å². The SMILES string of the molecule is CCC(CC)C(=O)N(C1CC1)C1CCS(=O)(=O)C1. The molecule has 18 heavy (non-hydrogen) atoms. The number of sulfone groups is 1. The smallest absolute Gasteiger partial charge is 0.226 e. The Morgan fingerprint density at radius 3 is 2.17 bits per heavy atom. The van der Waals surface area contributed by atoms with Crippen molar-refractivity contribution < 1.29 is 13.2 Å². The zero-order valence-corrected chi connectivity index (χ0v) is 12.1. The minimum absolute atomic E-state index is 0.0596. The van der Waals surface area contributed by atoms with Gasteiger partial charge in [-0.3, -0.25) is 4.79 Å². The first-order valence-corrected chi connectivity index (χ1v) is 8.83. The summed E-state index contributed by atoms with van der Waals surface area (Å²) in [6.45, 7) is 4.06. The third-order valence-electron chi connectivity index (χ3n) is 4.13. The van der Waals surface area contributed by atoms with E-state index in [4.69, 9.17) is 0 Å². The van der Waals surface area contributed by atoms with Gasteiger partial charge in [0, 0.05) is 18.0 Å². The Labute approximate surface area is 110 Å². The van der Waals surface area contributed by atoms with E-state index in [0.29, 0.717) is 12.5 Å². The summed E-state index contributed by atoms with van der Waals surface area (Å²) in [7, 11) is -2.91. The van der Waals surface area contributed by atoms with Gasteiger partial charge in [-0.05, 0) is 32.1 Å². The van der Waals surface area contributed by atoms with E-state index in [2.05, 4.69) is 0 Å². The maximum absolute atomic E-state index is 12.5. The number of nitrogens with zero attached hydrogens (tertiary/aromatic N) is 1. The van der Waals surface area contributed by atoms with Gasteiger partial charge in [0.15, 0.2) is 9.84 Å². The van der Waals surface area contributed by atoms with Crippen LogP contribution in [0.2, 0.25) is 0 Å². The van der Waals surface area contributed by atoms with Crippen LogP contribution in [0, 0.1) is 5.92 Å². The van der Waals surface area contributed by atoms with Gasteiger partial charge in [-0.15, -0.1) is 0 Å².